The zero-order chi connectivity index (χ0) is 10.1. The van der Waals surface area contributed by atoms with Crippen LogP contribution in [0.4, 0.5) is 0 Å². The summed E-state index contributed by atoms with van der Waals surface area (Å²) in [7, 11) is 0. The van der Waals surface area contributed by atoms with Crippen LogP contribution in [0.5, 0.6) is 0 Å². The van der Waals surface area contributed by atoms with Gasteiger partial charge in [0.2, 0.25) is 0 Å². The predicted molar refractivity (Wildman–Crippen MR) is 64.0 cm³/mol. The average molecular weight is 299 g/mol. The van der Waals surface area contributed by atoms with Gasteiger partial charge in [-0.05, 0) is 48.6 Å². The fourth-order valence-electron chi connectivity index (χ4n) is 1.22. The SMILES string of the molecule is Cc1cnc(-c2ccc(I)c(C)n2)[nH]1. The molecule has 14 heavy (non-hydrogen) atoms. The first-order valence-corrected chi connectivity index (χ1v) is 5.40. The molecule has 0 atom stereocenters. The lowest BCUT2D eigenvalue weighted by atomic mass is 10.3. The number of aromatic amines is 1. The Labute approximate surface area is 96.1 Å². The zero-order valence-electron chi connectivity index (χ0n) is 8.00. The van der Waals surface area contributed by atoms with Gasteiger partial charge >= 0.3 is 0 Å². The third-order valence-corrected chi connectivity index (χ3v) is 3.11. The molecule has 2 aromatic rings. The summed E-state index contributed by atoms with van der Waals surface area (Å²) in [6.45, 7) is 3.98. The Morgan fingerprint density at radius 2 is 2.07 bits per heavy atom. The summed E-state index contributed by atoms with van der Waals surface area (Å²) >= 11 is 2.27. The largest absolute Gasteiger partial charge is 0.341 e. The van der Waals surface area contributed by atoms with Gasteiger partial charge in [-0.3, -0.25) is 0 Å². The maximum atomic E-state index is 4.46. The maximum Gasteiger partial charge on any atom is 0.156 e. The van der Waals surface area contributed by atoms with Gasteiger partial charge in [0, 0.05) is 15.5 Å². The molecule has 0 spiro atoms. The van der Waals surface area contributed by atoms with E-state index in [0.717, 1.165) is 22.9 Å². The highest BCUT2D eigenvalue weighted by atomic mass is 127. The summed E-state index contributed by atoms with van der Waals surface area (Å²) in [6.07, 6.45) is 1.81. The predicted octanol–water partition coefficient (Wildman–Crippen LogP) is 2.69. The first-order chi connectivity index (χ1) is 6.66. The molecule has 0 radical (unpaired) electrons. The standard InChI is InChI=1S/C10H10IN3/c1-6-5-12-10(13-6)9-4-3-8(11)7(2)14-9/h3-5H,1-2H3,(H,12,13). The van der Waals surface area contributed by atoms with Gasteiger partial charge in [0.15, 0.2) is 5.82 Å². The van der Waals surface area contributed by atoms with Crippen molar-refractivity contribution in [3.8, 4) is 11.5 Å². The molecule has 2 rings (SSSR count). The molecule has 0 saturated carbocycles. The van der Waals surface area contributed by atoms with Crippen molar-refractivity contribution in [1.82, 2.24) is 15.0 Å². The molecule has 0 fully saturated rings. The monoisotopic (exact) mass is 299 g/mol. The fraction of sp³-hybridized carbons (Fsp3) is 0.200. The van der Waals surface area contributed by atoms with E-state index in [1.807, 2.05) is 26.1 Å². The normalized spacial score (nSPS) is 10.5. The molecule has 0 amide bonds. The van der Waals surface area contributed by atoms with Gasteiger partial charge in [-0.15, -0.1) is 0 Å². The Bertz CT molecular complexity index is 462. The van der Waals surface area contributed by atoms with Gasteiger partial charge in [0.25, 0.3) is 0 Å². The van der Waals surface area contributed by atoms with Crippen LogP contribution in [0.1, 0.15) is 11.4 Å². The number of imidazole rings is 1. The van der Waals surface area contributed by atoms with Gasteiger partial charge in [0.1, 0.15) is 5.69 Å². The van der Waals surface area contributed by atoms with E-state index >= 15 is 0 Å². The molecule has 72 valence electrons. The Kier molecular flexibility index (Phi) is 2.54. The molecular weight excluding hydrogens is 289 g/mol. The lowest BCUT2D eigenvalue weighted by Crippen LogP contribution is -1.91. The van der Waals surface area contributed by atoms with E-state index in [4.69, 9.17) is 0 Å². The second kappa shape index (κ2) is 3.68. The molecule has 0 unspecified atom stereocenters. The van der Waals surface area contributed by atoms with Crippen LogP contribution in [-0.2, 0) is 0 Å². The third kappa shape index (κ3) is 1.79. The summed E-state index contributed by atoms with van der Waals surface area (Å²) in [6, 6.07) is 4.03. The number of H-pyrrole nitrogens is 1. The van der Waals surface area contributed by atoms with Gasteiger partial charge in [-0.25, -0.2) is 9.97 Å². The van der Waals surface area contributed by atoms with Crippen molar-refractivity contribution in [3.05, 3.63) is 33.3 Å². The lowest BCUT2D eigenvalue weighted by Gasteiger charge is -2.00. The molecule has 0 aliphatic carbocycles. The van der Waals surface area contributed by atoms with Gasteiger partial charge in [0.05, 0.1) is 5.69 Å². The van der Waals surface area contributed by atoms with E-state index in [1.54, 1.807) is 0 Å². The molecule has 0 aliphatic rings. The number of aryl methyl sites for hydroxylation is 2. The number of pyridine rings is 1. The highest BCUT2D eigenvalue weighted by molar-refractivity contribution is 14.1. The smallest absolute Gasteiger partial charge is 0.156 e. The van der Waals surface area contributed by atoms with E-state index in [2.05, 4.69) is 43.6 Å². The number of aromatic nitrogens is 3. The topological polar surface area (TPSA) is 41.6 Å². The van der Waals surface area contributed by atoms with Crippen LogP contribution in [0.25, 0.3) is 11.5 Å². The fourth-order valence-corrected chi connectivity index (χ4v) is 1.52. The first-order valence-electron chi connectivity index (χ1n) is 4.32. The van der Waals surface area contributed by atoms with Gasteiger partial charge < -0.3 is 4.98 Å². The Balaban J connectivity index is 2.47. The van der Waals surface area contributed by atoms with E-state index in [1.165, 1.54) is 3.57 Å². The van der Waals surface area contributed by atoms with E-state index < -0.39 is 0 Å². The molecule has 0 aliphatic heterocycles. The molecule has 3 nitrogen and oxygen atoms in total. The van der Waals surface area contributed by atoms with E-state index in [9.17, 15) is 0 Å². The lowest BCUT2D eigenvalue weighted by molar-refractivity contribution is 1.14. The van der Waals surface area contributed by atoms with E-state index in [-0.39, 0.29) is 0 Å². The summed E-state index contributed by atoms with van der Waals surface area (Å²) in [5.74, 6) is 0.835. The van der Waals surface area contributed by atoms with Crippen molar-refractivity contribution in [2.75, 3.05) is 0 Å². The molecule has 0 saturated heterocycles. The van der Waals surface area contributed by atoms with Crippen molar-refractivity contribution in [2.24, 2.45) is 0 Å². The molecular formula is C10H10IN3. The molecule has 0 aromatic carbocycles. The van der Waals surface area contributed by atoms with Crippen molar-refractivity contribution >= 4 is 22.6 Å². The Hall–Kier alpha value is -0.910. The number of rotatable bonds is 1. The summed E-state index contributed by atoms with van der Waals surface area (Å²) in [5.41, 5.74) is 2.99. The summed E-state index contributed by atoms with van der Waals surface area (Å²) < 4.78 is 1.18. The molecule has 1 N–H and O–H groups in total. The number of hydrogen-bond acceptors (Lipinski definition) is 2. The molecule has 2 heterocycles. The first kappa shape index (κ1) is 9.64. The average Bonchev–Trinajstić information content (AvgIpc) is 2.57. The number of nitrogens with zero attached hydrogens (tertiary/aromatic N) is 2. The minimum atomic E-state index is 0.835. The molecule has 0 bridgehead atoms. The third-order valence-electron chi connectivity index (χ3n) is 1.97. The highest BCUT2D eigenvalue weighted by Gasteiger charge is 2.04. The zero-order valence-corrected chi connectivity index (χ0v) is 10.2. The van der Waals surface area contributed by atoms with Crippen LogP contribution >= 0.6 is 22.6 Å². The second-order valence-corrected chi connectivity index (χ2v) is 4.34. The second-order valence-electron chi connectivity index (χ2n) is 3.18. The van der Waals surface area contributed by atoms with Crippen molar-refractivity contribution in [2.45, 2.75) is 13.8 Å². The number of nitrogens with one attached hydrogen (secondary N) is 1. The maximum absolute atomic E-state index is 4.46. The van der Waals surface area contributed by atoms with Crippen LogP contribution in [-0.4, -0.2) is 15.0 Å². The molecule has 4 heteroatoms. The molecule has 2 aromatic heterocycles. The van der Waals surface area contributed by atoms with E-state index in [0.29, 0.717) is 0 Å². The number of halogens is 1. The summed E-state index contributed by atoms with van der Waals surface area (Å²) in [4.78, 5) is 11.9. The quantitative estimate of drug-likeness (QED) is 0.823. The van der Waals surface area contributed by atoms with Crippen LogP contribution in [0.2, 0.25) is 0 Å². The number of hydrogen-bond donors (Lipinski definition) is 1. The Morgan fingerprint density at radius 3 is 2.64 bits per heavy atom. The van der Waals surface area contributed by atoms with Gasteiger partial charge in [-0.2, -0.15) is 0 Å². The van der Waals surface area contributed by atoms with Crippen molar-refractivity contribution in [3.63, 3.8) is 0 Å². The Morgan fingerprint density at radius 1 is 1.29 bits per heavy atom. The van der Waals surface area contributed by atoms with Crippen LogP contribution in [0.3, 0.4) is 0 Å². The van der Waals surface area contributed by atoms with Gasteiger partial charge in [-0.1, -0.05) is 0 Å². The minimum Gasteiger partial charge on any atom is -0.341 e. The van der Waals surface area contributed by atoms with Crippen molar-refractivity contribution in [1.29, 1.82) is 0 Å². The highest BCUT2D eigenvalue weighted by Crippen LogP contribution is 2.16. The van der Waals surface area contributed by atoms with Crippen LogP contribution < -0.4 is 0 Å². The minimum absolute atomic E-state index is 0.835. The van der Waals surface area contributed by atoms with Crippen molar-refractivity contribution < 1.29 is 0 Å². The van der Waals surface area contributed by atoms with Crippen LogP contribution in [0, 0.1) is 17.4 Å². The summed E-state index contributed by atoms with van der Waals surface area (Å²) in [5, 5.41) is 0. The van der Waals surface area contributed by atoms with Crippen LogP contribution in [0.15, 0.2) is 18.3 Å².